The van der Waals surface area contributed by atoms with E-state index in [2.05, 4.69) is 5.32 Å². The monoisotopic (exact) mass is 358 g/mol. The van der Waals surface area contributed by atoms with E-state index in [-0.39, 0.29) is 43.3 Å². The quantitative estimate of drug-likeness (QED) is 0.615. The highest BCUT2D eigenvalue weighted by molar-refractivity contribution is 6.21. The lowest BCUT2D eigenvalue weighted by molar-refractivity contribution is -0.144. The van der Waals surface area contributed by atoms with E-state index in [9.17, 15) is 19.2 Å². The van der Waals surface area contributed by atoms with Crippen LogP contribution < -0.4 is 5.32 Å². The van der Waals surface area contributed by atoms with Crippen molar-refractivity contribution >= 4 is 23.7 Å². The van der Waals surface area contributed by atoms with E-state index < -0.39 is 5.97 Å². The van der Waals surface area contributed by atoms with Crippen LogP contribution in [-0.4, -0.2) is 48.3 Å². The number of nitrogens with one attached hydrogen (secondary N) is 1. The minimum absolute atomic E-state index is 0.00530. The van der Waals surface area contributed by atoms with Gasteiger partial charge in [-0.25, -0.2) is 0 Å². The maximum absolute atomic E-state index is 12.2. The summed E-state index contributed by atoms with van der Waals surface area (Å²) in [4.78, 5) is 49.2. The summed E-state index contributed by atoms with van der Waals surface area (Å²) in [6.07, 6.45) is 4.97. The van der Waals surface area contributed by atoms with E-state index in [0.29, 0.717) is 11.1 Å². The number of esters is 1. The van der Waals surface area contributed by atoms with Gasteiger partial charge in [0.1, 0.15) is 13.2 Å². The van der Waals surface area contributed by atoms with Gasteiger partial charge in [0.05, 0.1) is 17.7 Å². The number of carbonyl (C=O) groups is 4. The van der Waals surface area contributed by atoms with Crippen LogP contribution in [0.15, 0.2) is 24.3 Å². The second-order valence-electron chi connectivity index (χ2n) is 6.58. The Morgan fingerprint density at radius 3 is 2.27 bits per heavy atom. The van der Waals surface area contributed by atoms with Crippen LogP contribution in [0.3, 0.4) is 0 Å². The van der Waals surface area contributed by atoms with E-state index in [0.717, 1.165) is 37.0 Å². The molecule has 1 fully saturated rings. The molecule has 1 aliphatic carbocycles. The van der Waals surface area contributed by atoms with E-state index >= 15 is 0 Å². The molecule has 0 bridgehead atoms. The third-order valence-electron chi connectivity index (χ3n) is 4.84. The molecule has 26 heavy (non-hydrogen) atoms. The summed E-state index contributed by atoms with van der Waals surface area (Å²) in [5.74, 6) is -1.47. The van der Waals surface area contributed by atoms with Crippen molar-refractivity contribution in [2.45, 2.75) is 32.1 Å². The summed E-state index contributed by atoms with van der Waals surface area (Å²) >= 11 is 0. The van der Waals surface area contributed by atoms with Crippen molar-refractivity contribution in [1.29, 1.82) is 0 Å². The number of rotatable bonds is 6. The number of ether oxygens (including phenoxy) is 1. The smallest absolute Gasteiger partial charge is 0.325 e. The van der Waals surface area contributed by atoms with Crippen molar-refractivity contribution in [2.24, 2.45) is 5.92 Å². The Hall–Kier alpha value is -2.70. The van der Waals surface area contributed by atoms with Crippen LogP contribution >= 0.6 is 0 Å². The maximum atomic E-state index is 12.2. The fourth-order valence-corrected chi connectivity index (χ4v) is 3.41. The zero-order chi connectivity index (χ0) is 18.5. The molecule has 3 amide bonds. The molecule has 7 heteroatoms. The number of amides is 3. The Morgan fingerprint density at radius 1 is 1.04 bits per heavy atom. The van der Waals surface area contributed by atoms with Crippen LogP contribution in [-0.2, 0) is 14.3 Å². The predicted molar refractivity (Wildman–Crippen MR) is 92.4 cm³/mol. The molecular formula is C19H22N2O5. The molecule has 3 rings (SSSR count). The standard InChI is InChI=1S/C19H22N2O5/c22-16(12-20-17(23)13-6-2-1-3-7-13)26-11-10-21-18(24)14-8-4-5-9-15(14)19(21)25/h4-5,8-9,13H,1-3,6-7,10-12H2,(H,20,23). The second kappa shape index (κ2) is 8.12. The van der Waals surface area contributed by atoms with Crippen LogP contribution in [0.5, 0.6) is 0 Å². The molecule has 1 aromatic carbocycles. The van der Waals surface area contributed by atoms with Gasteiger partial charge in [-0.15, -0.1) is 0 Å². The topological polar surface area (TPSA) is 92.8 Å². The zero-order valence-electron chi connectivity index (χ0n) is 14.5. The van der Waals surface area contributed by atoms with Gasteiger partial charge in [0.2, 0.25) is 5.91 Å². The summed E-state index contributed by atoms with van der Waals surface area (Å²) < 4.78 is 5.04. The SMILES string of the molecule is O=C(CNC(=O)C1CCCCC1)OCCN1C(=O)c2ccccc2C1=O. The Kier molecular flexibility index (Phi) is 5.65. The lowest BCUT2D eigenvalue weighted by Crippen LogP contribution is -2.37. The predicted octanol–water partition coefficient (Wildman–Crippen LogP) is 1.52. The van der Waals surface area contributed by atoms with E-state index in [4.69, 9.17) is 4.74 Å². The van der Waals surface area contributed by atoms with Gasteiger partial charge in [0.25, 0.3) is 11.8 Å². The number of hydrogen-bond donors (Lipinski definition) is 1. The second-order valence-corrected chi connectivity index (χ2v) is 6.58. The minimum atomic E-state index is -0.578. The number of benzene rings is 1. The molecule has 0 radical (unpaired) electrons. The van der Waals surface area contributed by atoms with Crippen molar-refractivity contribution in [2.75, 3.05) is 19.7 Å². The summed E-state index contributed by atoms with van der Waals surface area (Å²) in [6, 6.07) is 6.59. The number of hydrogen-bond acceptors (Lipinski definition) is 5. The summed E-state index contributed by atoms with van der Waals surface area (Å²) in [7, 11) is 0. The van der Waals surface area contributed by atoms with Gasteiger partial charge >= 0.3 is 5.97 Å². The Labute approximate surface area is 151 Å². The molecule has 7 nitrogen and oxygen atoms in total. The highest BCUT2D eigenvalue weighted by Crippen LogP contribution is 2.23. The summed E-state index contributed by atoms with van der Waals surface area (Å²) in [5.41, 5.74) is 0.729. The van der Waals surface area contributed by atoms with Crippen LogP contribution in [0.25, 0.3) is 0 Å². The third kappa shape index (κ3) is 3.92. The van der Waals surface area contributed by atoms with Gasteiger partial charge in [-0.3, -0.25) is 24.1 Å². The number of imide groups is 1. The van der Waals surface area contributed by atoms with Crippen molar-refractivity contribution in [1.82, 2.24) is 10.2 Å². The molecule has 0 saturated heterocycles. The average molecular weight is 358 g/mol. The Morgan fingerprint density at radius 2 is 1.65 bits per heavy atom. The zero-order valence-corrected chi connectivity index (χ0v) is 14.5. The van der Waals surface area contributed by atoms with E-state index in [1.54, 1.807) is 24.3 Å². The molecule has 1 saturated carbocycles. The highest BCUT2D eigenvalue weighted by Gasteiger charge is 2.34. The fraction of sp³-hybridized carbons (Fsp3) is 0.474. The Balaban J connectivity index is 1.40. The molecule has 138 valence electrons. The first-order chi connectivity index (χ1) is 12.6. The van der Waals surface area contributed by atoms with Crippen LogP contribution in [0.2, 0.25) is 0 Å². The first-order valence-corrected chi connectivity index (χ1v) is 8.96. The molecule has 0 aromatic heterocycles. The molecule has 1 N–H and O–H groups in total. The van der Waals surface area contributed by atoms with Gasteiger partial charge < -0.3 is 10.1 Å². The third-order valence-corrected chi connectivity index (χ3v) is 4.84. The molecule has 0 unspecified atom stereocenters. The normalized spacial score (nSPS) is 17.2. The van der Waals surface area contributed by atoms with Crippen LogP contribution in [0.1, 0.15) is 52.8 Å². The number of fused-ring (bicyclic) bond motifs is 1. The molecule has 2 aliphatic rings. The first-order valence-electron chi connectivity index (χ1n) is 8.96. The van der Waals surface area contributed by atoms with Crippen molar-refractivity contribution in [3.8, 4) is 0 Å². The Bertz CT molecular complexity index is 689. The lowest BCUT2D eigenvalue weighted by Gasteiger charge is -2.20. The number of nitrogens with zero attached hydrogens (tertiary/aromatic N) is 1. The molecule has 0 spiro atoms. The average Bonchev–Trinajstić information content (AvgIpc) is 2.92. The minimum Gasteiger partial charge on any atom is -0.462 e. The highest BCUT2D eigenvalue weighted by atomic mass is 16.5. The van der Waals surface area contributed by atoms with Crippen molar-refractivity contribution in [3.05, 3.63) is 35.4 Å². The van der Waals surface area contributed by atoms with Gasteiger partial charge in [-0.1, -0.05) is 31.4 Å². The number of carbonyl (C=O) groups excluding carboxylic acids is 4. The van der Waals surface area contributed by atoms with E-state index in [1.807, 2.05) is 0 Å². The molecular weight excluding hydrogens is 336 g/mol. The fourth-order valence-electron chi connectivity index (χ4n) is 3.41. The van der Waals surface area contributed by atoms with Crippen LogP contribution in [0.4, 0.5) is 0 Å². The van der Waals surface area contributed by atoms with Gasteiger partial charge in [-0.05, 0) is 25.0 Å². The van der Waals surface area contributed by atoms with E-state index in [1.165, 1.54) is 0 Å². The molecule has 1 heterocycles. The summed E-state index contributed by atoms with van der Waals surface area (Å²) in [6.45, 7) is -0.296. The maximum Gasteiger partial charge on any atom is 0.325 e. The van der Waals surface area contributed by atoms with Crippen LogP contribution in [0, 0.1) is 5.92 Å². The van der Waals surface area contributed by atoms with Gasteiger partial charge in [0, 0.05) is 5.92 Å². The molecule has 0 atom stereocenters. The van der Waals surface area contributed by atoms with Gasteiger partial charge in [-0.2, -0.15) is 0 Å². The largest absolute Gasteiger partial charge is 0.462 e. The van der Waals surface area contributed by atoms with Crippen molar-refractivity contribution < 1.29 is 23.9 Å². The molecule has 1 aromatic rings. The molecule has 1 aliphatic heterocycles. The lowest BCUT2D eigenvalue weighted by atomic mass is 9.89. The first kappa shape index (κ1) is 18.1. The van der Waals surface area contributed by atoms with Crippen molar-refractivity contribution in [3.63, 3.8) is 0 Å². The van der Waals surface area contributed by atoms with Gasteiger partial charge in [0.15, 0.2) is 0 Å². The summed E-state index contributed by atoms with van der Waals surface area (Å²) in [5, 5.41) is 2.60.